The van der Waals surface area contributed by atoms with Crippen LogP contribution in [-0.4, -0.2) is 18.6 Å². The fourth-order valence-electron chi connectivity index (χ4n) is 2.23. The van der Waals surface area contributed by atoms with Gasteiger partial charge in [0.15, 0.2) is 0 Å². The molecule has 0 radical (unpaired) electrons. The van der Waals surface area contributed by atoms with Gasteiger partial charge in [0.1, 0.15) is 0 Å². The predicted octanol–water partition coefficient (Wildman–Crippen LogP) is 1.89. The van der Waals surface area contributed by atoms with E-state index in [0.717, 1.165) is 19.0 Å². The van der Waals surface area contributed by atoms with E-state index < -0.39 is 0 Å². The van der Waals surface area contributed by atoms with Crippen LogP contribution in [0.15, 0.2) is 0 Å². The Morgan fingerprint density at radius 3 is 2.50 bits per heavy atom. The van der Waals surface area contributed by atoms with Crippen molar-refractivity contribution in [1.29, 1.82) is 0 Å². The lowest BCUT2D eigenvalue weighted by molar-refractivity contribution is 0.230. The average molecular weight is 196 g/mol. The highest BCUT2D eigenvalue weighted by Crippen LogP contribution is 2.53. The zero-order chi connectivity index (χ0) is 10.2. The first kappa shape index (κ1) is 10.4. The summed E-state index contributed by atoms with van der Waals surface area (Å²) in [5.41, 5.74) is 6.56. The van der Waals surface area contributed by atoms with E-state index in [9.17, 15) is 0 Å². The number of hydrogen-bond acceptors (Lipinski definition) is 2. The lowest BCUT2D eigenvalue weighted by Crippen LogP contribution is -2.55. The first-order valence-electron chi connectivity index (χ1n) is 6.05. The van der Waals surface area contributed by atoms with Gasteiger partial charge in [-0.2, -0.15) is 0 Å². The predicted molar refractivity (Wildman–Crippen MR) is 60.1 cm³/mol. The van der Waals surface area contributed by atoms with E-state index in [1.807, 2.05) is 0 Å². The molecule has 2 rings (SSSR count). The third kappa shape index (κ3) is 1.96. The summed E-state index contributed by atoms with van der Waals surface area (Å²) >= 11 is 0. The lowest BCUT2D eigenvalue weighted by atomic mass is 9.83. The molecule has 3 N–H and O–H groups in total. The second kappa shape index (κ2) is 3.49. The summed E-state index contributed by atoms with van der Waals surface area (Å²) in [5, 5.41) is 3.69. The Kier molecular flexibility index (Phi) is 2.61. The molecule has 2 heteroatoms. The van der Waals surface area contributed by atoms with Crippen molar-refractivity contribution >= 4 is 0 Å². The van der Waals surface area contributed by atoms with Crippen LogP contribution in [0.2, 0.25) is 0 Å². The van der Waals surface area contributed by atoms with Gasteiger partial charge in [0.05, 0.1) is 0 Å². The van der Waals surface area contributed by atoms with Crippen LogP contribution < -0.4 is 11.1 Å². The highest BCUT2D eigenvalue weighted by Gasteiger charge is 2.51. The Morgan fingerprint density at radius 1 is 1.43 bits per heavy atom. The van der Waals surface area contributed by atoms with Crippen LogP contribution >= 0.6 is 0 Å². The molecular weight excluding hydrogens is 172 g/mol. The molecule has 2 nitrogen and oxygen atoms in total. The van der Waals surface area contributed by atoms with E-state index in [0.29, 0.717) is 5.41 Å². The van der Waals surface area contributed by atoms with Crippen LogP contribution in [0.5, 0.6) is 0 Å². The molecule has 0 aromatic rings. The van der Waals surface area contributed by atoms with Gasteiger partial charge in [-0.15, -0.1) is 0 Å². The van der Waals surface area contributed by atoms with Crippen molar-refractivity contribution in [3.8, 4) is 0 Å². The van der Waals surface area contributed by atoms with Gasteiger partial charge in [0.2, 0.25) is 0 Å². The third-order valence-corrected chi connectivity index (χ3v) is 4.51. The standard InChI is InChI=1S/C12H24N2/c1-11(6-7-11)12(2,9-13)14-8-5-10-3-4-10/h10,14H,3-9,13H2,1-2H3. The van der Waals surface area contributed by atoms with Crippen molar-refractivity contribution in [2.24, 2.45) is 17.1 Å². The van der Waals surface area contributed by atoms with Crippen LogP contribution in [0.3, 0.4) is 0 Å². The molecule has 2 fully saturated rings. The van der Waals surface area contributed by atoms with Crippen molar-refractivity contribution in [3.05, 3.63) is 0 Å². The zero-order valence-electron chi connectivity index (χ0n) is 9.60. The molecule has 0 aliphatic heterocycles. The zero-order valence-corrected chi connectivity index (χ0v) is 9.60. The molecule has 0 bridgehead atoms. The largest absolute Gasteiger partial charge is 0.329 e. The monoisotopic (exact) mass is 196 g/mol. The third-order valence-electron chi connectivity index (χ3n) is 4.51. The minimum Gasteiger partial charge on any atom is -0.329 e. The SMILES string of the molecule is CC1(C(C)(CN)NCCC2CC2)CC1. The Labute approximate surface area is 87.6 Å². The van der Waals surface area contributed by atoms with E-state index in [1.165, 1.54) is 32.1 Å². The molecule has 1 unspecified atom stereocenters. The smallest absolute Gasteiger partial charge is 0.0329 e. The van der Waals surface area contributed by atoms with Crippen molar-refractivity contribution in [1.82, 2.24) is 5.32 Å². The van der Waals surface area contributed by atoms with Crippen molar-refractivity contribution in [2.75, 3.05) is 13.1 Å². The van der Waals surface area contributed by atoms with Crippen LogP contribution in [-0.2, 0) is 0 Å². The van der Waals surface area contributed by atoms with Gasteiger partial charge < -0.3 is 11.1 Å². The fourth-order valence-corrected chi connectivity index (χ4v) is 2.23. The van der Waals surface area contributed by atoms with Gasteiger partial charge in [-0.25, -0.2) is 0 Å². The number of hydrogen-bond donors (Lipinski definition) is 2. The molecule has 14 heavy (non-hydrogen) atoms. The summed E-state index contributed by atoms with van der Waals surface area (Å²) in [6.45, 7) is 6.60. The average Bonchev–Trinajstić information content (AvgIpc) is 3.02. The Bertz CT molecular complexity index is 206. The normalized spacial score (nSPS) is 28.5. The Hall–Kier alpha value is -0.0800. The fraction of sp³-hybridized carbons (Fsp3) is 1.00. The number of rotatable bonds is 6. The maximum atomic E-state index is 5.90. The van der Waals surface area contributed by atoms with Crippen LogP contribution in [0.4, 0.5) is 0 Å². The molecule has 0 amide bonds. The summed E-state index contributed by atoms with van der Waals surface area (Å²) in [5.74, 6) is 1.02. The van der Waals surface area contributed by atoms with Crippen molar-refractivity contribution < 1.29 is 0 Å². The first-order chi connectivity index (χ1) is 6.60. The molecular formula is C12H24N2. The molecule has 2 saturated carbocycles. The number of nitrogens with two attached hydrogens (primary N) is 1. The summed E-state index contributed by atoms with van der Waals surface area (Å²) in [4.78, 5) is 0. The minimum atomic E-state index is 0.182. The van der Waals surface area contributed by atoms with Gasteiger partial charge >= 0.3 is 0 Å². The Morgan fingerprint density at radius 2 is 2.07 bits per heavy atom. The van der Waals surface area contributed by atoms with E-state index in [2.05, 4.69) is 19.2 Å². The topological polar surface area (TPSA) is 38.0 Å². The van der Waals surface area contributed by atoms with Crippen molar-refractivity contribution in [3.63, 3.8) is 0 Å². The van der Waals surface area contributed by atoms with E-state index in [-0.39, 0.29) is 5.54 Å². The highest BCUT2D eigenvalue weighted by molar-refractivity contribution is 5.08. The molecule has 0 heterocycles. The minimum absolute atomic E-state index is 0.182. The molecule has 0 spiro atoms. The molecule has 2 aliphatic rings. The quantitative estimate of drug-likeness (QED) is 0.681. The second-order valence-corrected chi connectivity index (χ2v) is 5.76. The Balaban J connectivity index is 1.78. The van der Waals surface area contributed by atoms with Crippen LogP contribution in [0.1, 0.15) is 46.0 Å². The van der Waals surface area contributed by atoms with Crippen LogP contribution in [0.25, 0.3) is 0 Å². The molecule has 82 valence electrons. The molecule has 1 atom stereocenters. The summed E-state index contributed by atoms with van der Waals surface area (Å²) in [7, 11) is 0. The van der Waals surface area contributed by atoms with E-state index in [4.69, 9.17) is 5.73 Å². The summed E-state index contributed by atoms with van der Waals surface area (Å²) in [6.07, 6.45) is 6.95. The summed E-state index contributed by atoms with van der Waals surface area (Å²) in [6, 6.07) is 0. The van der Waals surface area contributed by atoms with Crippen LogP contribution in [0, 0.1) is 11.3 Å². The van der Waals surface area contributed by atoms with Gasteiger partial charge in [-0.1, -0.05) is 19.8 Å². The van der Waals surface area contributed by atoms with Gasteiger partial charge in [-0.3, -0.25) is 0 Å². The van der Waals surface area contributed by atoms with Crippen molar-refractivity contribution in [2.45, 2.75) is 51.5 Å². The molecule has 0 saturated heterocycles. The molecule has 0 aromatic heterocycles. The van der Waals surface area contributed by atoms with Gasteiger partial charge in [0.25, 0.3) is 0 Å². The maximum absolute atomic E-state index is 5.90. The molecule has 2 aliphatic carbocycles. The lowest BCUT2D eigenvalue weighted by Gasteiger charge is -2.36. The van der Waals surface area contributed by atoms with E-state index in [1.54, 1.807) is 0 Å². The summed E-state index contributed by atoms with van der Waals surface area (Å²) < 4.78 is 0. The van der Waals surface area contributed by atoms with Gasteiger partial charge in [-0.05, 0) is 44.1 Å². The molecule has 0 aromatic carbocycles. The number of nitrogens with one attached hydrogen (secondary N) is 1. The van der Waals surface area contributed by atoms with Gasteiger partial charge in [0, 0.05) is 12.1 Å². The highest BCUT2D eigenvalue weighted by atomic mass is 15.0. The second-order valence-electron chi connectivity index (χ2n) is 5.76. The first-order valence-corrected chi connectivity index (χ1v) is 6.05. The maximum Gasteiger partial charge on any atom is 0.0329 e. The van der Waals surface area contributed by atoms with E-state index >= 15 is 0 Å².